The summed E-state index contributed by atoms with van der Waals surface area (Å²) in [6.07, 6.45) is 1.71. The molecule has 1 heterocycles. The van der Waals surface area contributed by atoms with Crippen molar-refractivity contribution in [1.29, 1.82) is 0 Å². The van der Waals surface area contributed by atoms with E-state index in [2.05, 4.69) is 15.6 Å². The van der Waals surface area contributed by atoms with Gasteiger partial charge in [0.1, 0.15) is 28.9 Å². The molecular formula is C24H19F2N3O2. The van der Waals surface area contributed by atoms with Crippen LogP contribution in [0, 0.1) is 11.6 Å². The van der Waals surface area contributed by atoms with E-state index < -0.39 is 23.6 Å². The van der Waals surface area contributed by atoms with Gasteiger partial charge in [0, 0.05) is 23.3 Å². The summed E-state index contributed by atoms with van der Waals surface area (Å²) in [5, 5.41) is 6.38. The molecule has 3 aromatic carbocycles. The van der Waals surface area contributed by atoms with Gasteiger partial charge >= 0.3 is 0 Å². The first-order chi connectivity index (χ1) is 15.0. The molecule has 0 aliphatic carbocycles. The number of para-hydroxylation sites is 1. The average molecular weight is 419 g/mol. The van der Waals surface area contributed by atoms with Crippen LogP contribution in [0.3, 0.4) is 0 Å². The van der Waals surface area contributed by atoms with Crippen molar-refractivity contribution < 1.29 is 18.3 Å². The molecule has 1 amide bonds. The first-order valence-electron chi connectivity index (χ1n) is 9.64. The van der Waals surface area contributed by atoms with Gasteiger partial charge in [-0.3, -0.25) is 9.78 Å². The lowest BCUT2D eigenvalue weighted by molar-refractivity contribution is -0.116. The molecule has 4 rings (SSSR count). The molecule has 0 fully saturated rings. The van der Waals surface area contributed by atoms with E-state index in [1.165, 1.54) is 0 Å². The third-order valence-corrected chi connectivity index (χ3v) is 4.64. The Labute approximate surface area is 177 Å². The summed E-state index contributed by atoms with van der Waals surface area (Å²) in [7, 11) is 0. The van der Waals surface area contributed by atoms with Gasteiger partial charge in [-0.2, -0.15) is 0 Å². The third-order valence-electron chi connectivity index (χ3n) is 4.64. The summed E-state index contributed by atoms with van der Waals surface area (Å²) >= 11 is 0. The Hall–Kier alpha value is -4.00. The topological polar surface area (TPSA) is 63.2 Å². The second kappa shape index (κ2) is 8.79. The van der Waals surface area contributed by atoms with Gasteiger partial charge in [-0.1, -0.05) is 18.2 Å². The van der Waals surface area contributed by atoms with E-state index in [0.29, 0.717) is 17.2 Å². The number of halogens is 2. The number of carbonyl (C=O) groups excluding carboxylic acids is 1. The molecular weight excluding hydrogens is 400 g/mol. The zero-order valence-corrected chi connectivity index (χ0v) is 16.6. The Morgan fingerprint density at radius 3 is 2.58 bits per heavy atom. The smallest absolute Gasteiger partial charge is 0.246 e. The molecule has 7 heteroatoms. The quantitative estimate of drug-likeness (QED) is 0.418. The predicted octanol–water partition coefficient (Wildman–Crippen LogP) is 5.74. The minimum atomic E-state index is -0.702. The Bertz CT molecular complexity index is 1220. The molecule has 31 heavy (non-hydrogen) atoms. The Kier molecular flexibility index (Phi) is 5.75. The van der Waals surface area contributed by atoms with Crippen LogP contribution in [0.1, 0.15) is 6.92 Å². The molecule has 0 radical (unpaired) electrons. The van der Waals surface area contributed by atoms with Crippen molar-refractivity contribution in [2.75, 3.05) is 10.6 Å². The van der Waals surface area contributed by atoms with Crippen molar-refractivity contribution in [3.63, 3.8) is 0 Å². The average Bonchev–Trinajstić information content (AvgIpc) is 2.78. The largest absolute Gasteiger partial charge is 0.455 e. The number of amides is 1. The molecule has 0 spiro atoms. The number of nitrogens with one attached hydrogen (secondary N) is 2. The fourth-order valence-electron chi connectivity index (χ4n) is 3.05. The number of benzene rings is 3. The monoisotopic (exact) mass is 419 g/mol. The van der Waals surface area contributed by atoms with Crippen molar-refractivity contribution in [2.45, 2.75) is 13.0 Å². The maximum atomic E-state index is 13.7. The summed E-state index contributed by atoms with van der Waals surface area (Å²) in [5.41, 5.74) is 1.24. The van der Waals surface area contributed by atoms with E-state index in [1.807, 2.05) is 30.3 Å². The molecule has 0 bridgehead atoms. The molecule has 2 N–H and O–H groups in total. The Morgan fingerprint density at radius 2 is 1.77 bits per heavy atom. The van der Waals surface area contributed by atoms with Crippen molar-refractivity contribution in [2.24, 2.45) is 0 Å². The zero-order valence-electron chi connectivity index (χ0n) is 16.6. The first-order valence-corrected chi connectivity index (χ1v) is 9.64. The molecule has 0 saturated heterocycles. The molecule has 1 aromatic heterocycles. The van der Waals surface area contributed by atoms with Crippen LogP contribution in [0.15, 0.2) is 79.0 Å². The fourth-order valence-corrected chi connectivity index (χ4v) is 3.05. The van der Waals surface area contributed by atoms with Gasteiger partial charge < -0.3 is 15.4 Å². The Morgan fingerprint density at radius 1 is 1.00 bits per heavy atom. The first kappa shape index (κ1) is 20.3. The molecule has 4 aromatic rings. The highest BCUT2D eigenvalue weighted by molar-refractivity contribution is 5.96. The molecule has 0 aliphatic rings. The highest BCUT2D eigenvalue weighted by atomic mass is 19.1. The highest BCUT2D eigenvalue weighted by Crippen LogP contribution is 2.29. The van der Waals surface area contributed by atoms with Crippen LogP contribution in [0.2, 0.25) is 0 Å². The zero-order chi connectivity index (χ0) is 21.8. The van der Waals surface area contributed by atoms with Gasteiger partial charge in [-0.05, 0) is 55.5 Å². The van der Waals surface area contributed by atoms with Gasteiger partial charge in [0.25, 0.3) is 0 Å². The number of ether oxygens (including phenoxy) is 1. The van der Waals surface area contributed by atoms with Crippen LogP contribution in [0.5, 0.6) is 11.5 Å². The van der Waals surface area contributed by atoms with E-state index in [4.69, 9.17) is 4.74 Å². The number of hydrogen-bond acceptors (Lipinski definition) is 4. The number of nitrogens with zero attached hydrogens (tertiary/aromatic N) is 1. The molecule has 5 nitrogen and oxygen atoms in total. The number of hydrogen-bond donors (Lipinski definition) is 2. The summed E-state index contributed by atoms with van der Waals surface area (Å²) in [6.45, 7) is 1.62. The van der Waals surface area contributed by atoms with E-state index in [1.54, 1.807) is 37.4 Å². The van der Waals surface area contributed by atoms with E-state index in [-0.39, 0.29) is 5.69 Å². The minimum absolute atomic E-state index is 0.203. The fraction of sp³-hybridized carbons (Fsp3) is 0.0833. The standard InChI is InChI=1S/C24H19F2N3O2/c1-15(24(30)29-21-14-17(25)7-12-20(21)26)28-18-8-10-19(11-9-18)31-22-6-2-4-16-5-3-13-27-23(16)22/h2-15,28H,1H3,(H,29,30). The molecule has 1 atom stereocenters. The van der Waals surface area contributed by atoms with Gasteiger partial charge in [-0.25, -0.2) is 8.78 Å². The van der Waals surface area contributed by atoms with Crippen molar-refractivity contribution in [1.82, 2.24) is 4.98 Å². The number of carbonyl (C=O) groups is 1. The number of aromatic nitrogens is 1. The van der Waals surface area contributed by atoms with Crippen LogP contribution in [0.4, 0.5) is 20.2 Å². The van der Waals surface area contributed by atoms with Crippen molar-refractivity contribution in [3.8, 4) is 11.5 Å². The summed E-state index contributed by atoms with van der Waals surface area (Å²) < 4.78 is 33.0. The lowest BCUT2D eigenvalue weighted by atomic mass is 10.2. The maximum Gasteiger partial charge on any atom is 0.246 e. The normalized spacial score (nSPS) is 11.7. The van der Waals surface area contributed by atoms with Crippen LogP contribution >= 0.6 is 0 Å². The molecule has 0 aliphatic heterocycles. The molecule has 156 valence electrons. The SMILES string of the molecule is CC(Nc1ccc(Oc2cccc3cccnc23)cc1)C(=O)Nc1cc(F)ccc1F. The van der Waals surface area contributed by atoms with Crippen molar-refractivity contribution in [3.05, 3.63) is 90.6 Å². The second-order valence-electron chi connectivity index (χ2n) is 6.94. The van der Waals surface area contributed by atoms with Gasteiger partial charge in [0.2, 0.25) is 5.91 Å². The molecule has 1 unspecified atom stereocenters. The van der Waals surface area contributed by atoms with E-state index in [0.717, 1.165) is 29.1 Å². The second-order valence-corrected chi connectivity index (χ2v) is 6.94. The van der Waals surface area contributed by atoms with Crippen molar-refractivity contribution >= 4 is 28.2 Å². The summed E-state index contributed by atoms with van der Waals surface area (Å²) in [6, 6.07) is 18.8. The Balaban J connectivity index is 1.41. The molecule has 0 saturated carbocycles. The van der Waals surface area contributed by atoms with Crippen LogP contribution in [-0.4, -0.2) is 16.9 Å². The highest BCUT2D eigenvalue weighted by Gasteiger charge is 2.15. The number of anilines is 2. The van der Waals surface area contributed by atoms with Crippen LogP contribution < -0.4 is 15.4 Å². The van der Waals surface area contributed by atoms with Crippen LogP contribution in [0.25, 0.3) is 10.9 Å². The van der Waals surface area contributed by atoms with Gasteiger partial charge in [0.15, 0.2) is 5.75 Å². The maximum absolute atomic E-state index is 13.7. The number of fused-ring (bicyclic) bond motifs is 1. The van der Waals surface area contributed by atoms with Gasteiger partial charge in [0.05, 0.1) is 5.69 Å². The predicted molar refractivity (Wildman–Crippen MR) is 116 cm³/mol. The van der Waals surface area contributed by atoms with E-state index in [9.17, 15) is 13.6 Å². The van der Waals surface area contributed by atoms with Gasteiger partial charge in [-0.15, -0.1) is 0 Å². The lowest BCUT2D eigenvalue weighted by Gasteiger charge is -2.16. The van der Waals surface area contributed by atoms with E-state index >= 15 is 0 Å². The summed E-state index contributed by atoms with van der Waals surface area (Å²) in [5.74, 6) is -0.571. The third kappa shape index (κ3) is 4.78. The van der Waals surface area contributed by atoms with Crippen LogP contribution in [-0.2, 0) is 4.79 Å². The minimum Gasteiger partial charge on any atom is -0.455 e. The number of rotatable bonds is 6. The number of pyridine rings is 1. The summed E-state index contributed by atoms with van der Waals surface area (Å²) in [4.78, 5) is 16.7. The lowest BCUT2D eigenvalue weighted by Crippen LogP contribution is -2.32.